The van der Waals surface area contributed by atoms with Crippen LogP contribution in [0, 0.1) is 0 Å². The first-order chi connectivity index (χ1) is 12.6. The van der Waals surface area contributed by atoms with Crippen LogP contribution in [0.2, 0.25) is 0 Å². The SMILES string of the molecule is CC(C)N(Cc1ccc(N(C)C)cc1)C(=S)Nc1cccc(C(F)(F)F)c1. The fourth-order valence-electron chi connectivity index (χ4n) is 2.55. The lowest BCUT2D eigenvalue weighted by molar-refractivity contribution is -0.137. The molecule has 0 aliphatic heterocycles. The van der Waals surface area contributed by atoms with Crippen LogP contribution < -0.4 is 10.2 Å². The number of hydrogen-bond acceptors (Lipinski definition) is 2. The van der Waals surface area contributed by atoms with Gasteiger partial charge in [0, 0.05) is 38.1 Å². The maximum absolute atomic E-state index is 12.9. The summed E-state index contributed by atoms with van der Waals surface area (Å²) in [6.07, 6.45) is -4.38. The monoisotopic (exact) mass is 395 g/mol. The van der Waals surface area contributed by atoms with E-state index in [9.17, 15) is 13.2 Å². The van der Waals surface area contributed by atoms with Gasteiger partial charge in [-0.3, -0.25) is 0 Å². The van der Waals surface area contributed by atoms with E-state index < -0.39 is 11.7 Å². The van der Waals surface area contributed by atoms with Gasteiger partial charge in [0.1, 0.15) is 0 Å². The molecule has 0 unspecified atom stereocenters. The van der Waals surface area contributed by atoms with Crippen LogP contribution >= 0.6 is 12.2 Å². The summed E-state index contributed by atoms with van der Waals surface area (Å²) in [5.41, 5.74) is 1.79. The van der Waals surface area contributed by atoms with Crippen LogP contribution in [0.4, 0.5) is 24.5 Å². The summed E-state index contributed by atoms with van der Waals surface area (Å²) >= 11 is 5.46. The minimum Gasteiger partial charge on any atom is -0.378 e. The van der Waals surface area contributed by atoms with Crippen molar-refractivity contribution in [2.75, 3.05) is 24.3 Å². The van der Waals surface area contributed by atoms with Gasteiger partial charge in [0.2, 0.25) is 0 Å². The predicted octanol–water partition coefficient (Wildman–Crippen LogP) is 5.38. The van der Waals surface area contributed by atoms with E-state index in [-0.39, 0.29) is 6.04 Å². The molecule has 0 aliphatic carbocycles. The molecule has 0 heterocycles. The van der Waals surface area contributed by atoms with E-state index in [4.69, 9.17) is 12.2 Å². The van der Waals surface area contributed by atoms with Crippen molar-refractivity contribution < 1.29 is 13.2 Å². The van der Waals surface area contributed by atoms with Crippen molar-refractivity contribution in [3.05, 3.63) is 59.7 Å². The van der Waals surface area contributed by atoms with Gasteiger partial charge >= 0.3 is 6.18 Å². The highest BCUT2D eigenvalue weighted by Gasteiger charge is 2.30. The first kappa shape index (κ1) is 21.0. The summed E-state index contributed by atoms with van der Waals surface area (Å²) in [4.78, 5) is 3.96. The number of thiocarbonyl (C=S) groups is 1. The van der Waals surface area contributed by atoms with Crippen LogP contribution in [0.15, 0.2) is 48.5 Å². The van der Waals surface area contributed by atoms with Crippen LogP contribution in [0.25, 0.3) is 0 Å². The van der Waals surface area contributed by atoms with Crippen molar-refractivity contribution in [3.8, 4) is 0 Å². The number of nitrogens with zero attached hydrogens (tertiary/aromatic N) is 2. The molecule has 146 valence electrons. The van der Waals surface area contributed by atoms with Crippen molar-refractivity contribution in [1.82, 2.24) is 4.90 Å². The smallest absolute Gasteiger partial charge is 0.378 e. The van der Waals surface area contributed by atoms with E-state index in [1.807, 2.05) is 62.0 Å². The minimum atomic E-state index is -4.38. The molecule has 0 atom stereocenters. The van der Waals surface area contributed by atoms with Gasteiger partial charge in [-0.15, -0.1) is 0 Å². The summed E-state index contributed by atoms with van der Waals surface area (Å²) < 4.78 is 38.7. The van der Waals surface area contributed by atoms with Gasteiger partial charge in [0.15, 0.2) is 5.11 Å². The Morgan fingerprint density at radius 3 is 2.22 bits per heavy atom. The molecule has 1 N–H and O–H groups in total. The Hall–Kier alpha value is -2.28. The summed E-state index contributed by atoms with van der Waals surface area (Å²) in [6, 6.07) is 13.2. The van der Waals surface area contributed by atoms with E-state index >= 15 is 0 Å². The second-order valence-corrected chi connectivity index (χ2v) is 7.18. The largest absolute Gasteiger partial charge is 0.416 e. The molecule has 2 rings (SSSR count). The molecular formula is C20H24F3N3S. The lowest BCUT2D eigenvalue weighted by Crippen LogP contribution is -2.39. The number of nitrogens with one attached hydrogen (secondary N) is 1. The van der Waals surface area contributed by atoms with Gasteiger partial charge < -0.3 is 15.1 Å². The van der Waals surface area contributed by atoms with Crippen molar-refractivity contribution in [3.63, 3.8) is 0 Å². The second kappa shape index (κ2) is 8.61. The molecule has 2 aromatic carbocycles. The Labute approximate surface area is 163 Å². The third-order valence-corrected chi connectivity index (χ3v) is 4.47. The van der Waals surface area contributed by atoms with E-state index in [1.165, 1.54) is 6.07 Å². The number of anilines is 2. The molecule has 3 nitrogen and oxygen atoms in total. The number of rotatable bonds is 5. The van der Waals surface area contributed by atoms with Gasteiger partial charge in [-0.05, 0) is 62.0 Å². The molecule has 0 aromatic heterocycles. The standard InChI is InChI=1S/C20H24F3N3S/c1-14(2)26(13-15-8-10-18(11-9-15)25(3)4)19(27)24-17-7-5-6-16(12-17)20(21,22)23/h5-12,14H,13H2,1-4H3,(H,24,27). The Kier molecular flexibility index (Phi) is 6.70. The zero-order chi connectivity index (χ0) is 20.2. The minimum absolute atomic E-state index is 0.0873. The Bertz CT molecular complexity index is 771. The Balaban J connectivity index is 2.13. The van der Waals surface area contributed by atoms with E-state index in [0.29, 0.717) is 17.3 Å². The maximum Gasteiger partial charge on any atom is 0.416 e. The topological polar surface area (TPSA) is 18.5 Å². The van der Waals surface area contributed by atoms with Crippen molar-refractivity contribution >= 4 is 28.7 Å². The van der Waals surface area contributed by atoms with E-state index in [0.717, 1.165) is 23.4 Å². The van der Waals surface area contributed by atoms with E-state index in [1.54, 1.807) is 6.07 Å². The van der Waals surface area contributed by atoms with Crippen molar-refractivity contribution in [2.24, 2.45) is 0 Å². The summed E-state index contributed by atoms with van der Waals surface area (Å²) in [7, 11) is 3.95. The Morgan fingerprint density at radius 2 is 1.70 bits per heavy atom. The molecule has 0 saturated heterocycles. The average molecular weight is 395 g/mol. The van der Waals surface area contributed by atoms with Crippen LogP contribution in [0.3, 0.4) is 0 Å². The lowest BCUT2D eigenvalue weighted by Gasteiger charge is -2.30. The maximum atomic E-state index is 12.9. The van der Waals surface area contributed by atoms with E-state index in [2.05, 4.69) is 5.32 Å². The number of alkyl halides is 3. The highest BCUT2D eigenvalue weighted by Crippen LogP contribution is 2.30. The van der Waals surface area contributed by atoms with Crippen LogP contribution in [0.1, 0.15) is 25.0 Å². The highest BCUT2D eigenvalue weighted by molar-refractivity contribution is 7.80. The van der Waals surface area contributed by atoms with Gasteiger partial charge in [0.25, 0.3) is 0 Å². The van der Waals surface area contributed by atoms with Crippen molar-refractivity contribution in [1.29, 1.82) is 0 Å². The lowest BCUT2D eigenvalue weighted by atomic mass is 10.1. The number of hydrogen-bond donors (Lipinski definition) is 1. The quantitative estimate of drug-likeness (QED) is 0.685. The summed E-state index contributed by atoms with van der Waals surface area (Å²) in [5, 5.41) is 3.32. The van der Waals surface area contributed by atoms with Gasteiger partial charge in [-0.2, -0.15) is 13.2 Å². The molecule has 7 heteroatoms. The average Bonchev–Trinajstić information content (AvgIpc) is 2.59. The molecule has 0 fully saturated rings. The molecule has 0 radical (unpaired) electrons. The molecular weight excluding hydrogens is 371 g/mol. The van der Waals surface area contributed by atoms with Crippen LogP contribution in [-0.2, 0) is 12.7 Å². The zero-order valence-electron chi connectivity index (χ0n) is 15.8. The number of benzene rings is 2. The van der Waals surface area contributed by atoms with Gasteiger partial charge in [-0.1, -0.05) is 18.2 Å². The normalized spacial score (nSPS) is 11.4. The first-order valence-corrected chi connectivity index (χ1v) is 9.00. The zero-order valence-corrected chi connectivity index (χ0v) is 16.7. The second-order valence-electron chi connectivity index (χ2n) is 6.79. The number of halogens is 3. The summed E-state index contributed by atoms with van der Waals surface area (Å²) in [5.74, 6) is 0. The van der Waals surface area contributed by atoms with Crippen LogP contribution in [-0.4, -0.2) is 30.1 Å². The molecule has 0 spiro atoms. The summed E-state index contributed by atoms with van der Waals surface area (Å²) in [6.45, 7) is 4.55. The first-order valence-electron chi connectivity index (χ1n) is 8.59. The van der Waals surface area contributed by atoms with Gasteiger partial charge in [-0.25, -0.2) is 0 Å². The van der Waals surface area contributed by atoms with Gasteiger partial charge in [0.05, 0.1) is 5.56 Å². The molecule has 0 saturated carbocycles. The third kappa shape index (κ3) is 5.85. The fourth-order valence-corrected chi connectivity index (χ4v) is 2.95. The van der Waals surface area contributed by atoms with Crippen LogP contribution in [0.5, 0.6) is 0 Å². The highest BCUT2D eigenvalue weighted by atomic mass is 32.1. The molecule has 0 aliphatic rings. The molecule has 27 heavy (non-hydrogen) atoms. The predicted molar refractivity (Wildman–Crippen MR) is 109 cm³/mol. The Morgan fingerprint density at radius 1 is 1.07 bits per heavy atom. The molecule has 0 amide bonds. The molecule has 2 aromatic rings. The fraction of sp³-hybridized carbons (Fsp3) is 0.350. The van der Waals surface area contributed by atoms with Crippen molar-refractivity contribution in [2.45, 2.75) is 32.6 Å². The third-order valence-electron chi connectivity index (χ3n) is 4.13. The molecule has 0 bridgehead atoms.